The van der Waals surface area contributed by atoms with Crippen molar-refractivity contribution < 1.29 is 28.6 Å². The summed E-state index contributed by atoms with van der Waals surface area (Å²) in [4.78, 5) is 40.3. The van der Waals surface area contributed by atoms with E-state index in [2.05, 4.69) is 5.32 Å². The summed E-state index contributed by atoms with van der Waals surface area (Å²) in [5.41, 5.74) is 1.70. The smallest absolute Gasteiger partial charge is 0.317 e. The van der Waals surface area contributed by atoms with Gasteiger partial charge in [-0.25, -0.2) is 0 Å². The van der Waals surface area contributed by atoms with E-state index in [9.17, 15) is 14.4 Å². The third kappa shape index (κ3) is 3.90. The lowest BCUT2D eigenvalue weighted by Gasteiger charge is -2.37. The highest BCUT2D eigenvalue weighted by atomic mass is 32.1. The van der Waals surface area contributed by atoms with Crippen LogP contribution in [0.4, 0.5) is 0 Å². The number of hydrogen-bond donors (Lipinski definition) is 1. The van der Waals surface area contributed by atoms with Crippen LogP contribution in [0.5, 0.6) is 11.5 Å². The Hall–Kier alpha value is -3.13. The molecule has 1 aromatic carbocycles. The number of thiophene rings is 1. The minimum Gasteiger partial charge on any atom is -0.497 e. The van der Waals surface area contributed by atoms with Crippen molar-refractivity contribution >= 4 is 29.0 Å². The van der Waals surface area contributed by atoms with Gasteiger partial charge < -0.3 is 19.5 Å². The van der Waals surface area contributed by atoms with Gasteiger partial charge in [-0.05, 0) is 43.0 Å². The first-order chi connectivity index (χ1) is 15.5. The van der Waals surface area contributed by atoms with E-state index in [1.54, 1.807) is 39.3 Å². The Morgan fingerprint density at radius 1 is 1.16 bits per heavy atom. The van der Waals surface area contributed by atoms with E-state index in [0.717, 1.165) is 4.88 Å². The van der Waals surface area contributed by atoms with E-state index >= 15 is 0 Å². The number of hydrogen-bond acceptors (Lipinski definition) is 7. The predicted molar refractivity (Wildman–Crippen MR) is 119 cm³/mol. The van der Waals surface area contributed by atoms with Gasteiger partial charge in [0.2, 0.25) is 5.91 Å². The number of amides is 1. The van der Waals surface area contributed by atoms with Gasteiger partial charge in [0.15, 0.2) is 5.78 Å². The van der Waals surface area contributed by atoms with E-state index in [1.807, 2.05) is 17.5 Å². The first-order valence-corrected chi connectivity index (χ1v) is 11.4. The summed E-state index contributed by atoms with van der Waals surface area (Å²) in [5.74, 6) is -1.75. The van der Waals surface area contributed by atoms with Gasteiger partial charge in [0.1, 0.15) is 17.4 Å². The van der Waals surface area contributed by atoms with Gasteiger partial charge in [0, 0.05) is 40.0 Å². The molecule has 1 aliphatic heterocycles. The molecule has 0 radical (unpaired) electrons. The second kappa shape index (κ2) is 9.16. The van der Waals surface area contributed by atoms with E-state index in [1.165, 1.54) is 11.3 Å². The number of esters is 1. The average molecular weight is 456 g/mol. The number of ketones is 1. The molecule has 0 saturated carbocycles. The lowest BCUT2D eigenvalue weighted by Crippen LogP contribution is -2.44. The van der Waals surface area contributed by atoms with Crippen LogP contribution in [-0.4, -0.2) is 38.5 Å². The first kappa shape index (κ1) is 22.1. The van der Waals surface area contributed by atoms with Gasteiger partial charge in [-0.3, -0.25) is 14.4 Å². The van der Waals surface area contributed by atoms with Gasteiger partial charge in [-0.2, -0.15) is 0 Å². The summed E-state index contributed by atoms with van der Waals surface area (Å²) in [6, 6.07) is 9.10. The summed E-state index contributed by atoms with van der Waals surface area (Å²) >= 11 is 1.49. The molecular weight excluding hydrogens is 430 g/mol. The molecule has 0 saturated heterocycles. The third-order valence-corrected chi connectivity index (χ3v) is 6.99. The zero-order valence-corrected chi connectivity index (χ0v) is 19.0. The van der Waals surface area contributed by atoms with Gasteiger partial charge in [0.05, 0.1) is 20.8 Å². The molecular formula is C24H25NO6S. The van der Waals surface area contributed by atoms with E-state index in [-0.39, 0.29) is 30.6 Å². The van der Waals surface area contributed by atoms with Crippen molar-refractivity contribution in [2.24, 2.45) is 5.92 Å². The maximum atomic E-state index is 13.8. The van der Waals surface area contributed by atoms with Crippen molar-refractivity contribution in [2.75, 3.05) is 20.8 Å². The van der Waals surface area contributed by atoms with Crippen molar-refractivity contribution in [3.8, 4) is 11.5 Å². The molecule has 0 fully saturated rings. The maximum absolute atomic E-state index is 13.8. The number of carbonyl (C=O) groups excluding carboxylic acids is 3. The van der Waals surface area contributed by atoms with Crippen LogP contribution in [0.2, 0.25) is 0 Å². The zero-order valence-electron chi connectivity index (χ0n) is 18.2. The van der Waals surface area contributed by atoms with Crippen molar-refractivity contribution in [3.05, 3.63) is 57.4 Å². The van der Waals surface area contributed by atoms with Crippen LogP contribution in [0, 0.1) is 5.92 Å². The van der Waals surface area contributed by atoms with Crippen molar-refractivity contribution in [3.63, 3.8) is 0 Å². The molecule has 7 nitrogen and oxygen atoms in total. The second-order valence-electron chi connectivity index (χ2n) is 7.73. The van der Waals surface area contributed by atoms with Gasteiger partial charge in [-0.15, -0.1) is 11.3 Å². The topological polar surface area (TPSA) is 90.9 Å². The monoisotopic (exact) mass is 455 g/mol. The number of allylic oxidation sites excluding steroid dienone is 2. The number of nitrogens with one attached hydrogen (secondary N) is 1. The number of Topliss-reactive ketones (excluding diaryl/α,β-unsaturated/α-hetero) is 1. The first-order valence-electron chi connectivity index (χ1n) is 10.5. The highest BCUT2D eigenvalue weighted by molar-refractivity contribution is 7.10. The van der Waals surface area contributed by atoms with Crippen molar-refractivity contribution in [1.29, 1.82) is 0 Å². The van der Waals surface area contributed by atoms with Crippen LogP contribution in [0.1, 0.15) is 42.0 Å². The predicted octanol–water partition coefficient (Wildman–Crippen LogP) is 3.56. The molecule has 1 aromatic heterocycles. The normalized spacial score (nSPS) is 22.8. The standard InChI is InChI=1S/C24H25NO6S/c1-4-31-24(28)22-16(19-6-5-9-32-19)11-17-21(23(22)27)15(12-20(26)25-17)14-10-13(29-2)7-8-18(14)30-3/h5-10,15-16,22H,4,11-12H2,1-3H3,(H,25,26)/t15-,16+,22+/m0/s1. The third-order valence-electron chi connectivity index (χ3n) is 5.99. The molecule has 1 aliphatic carbocycles. The molecule has 0 spiro atoms. The average Bonchev–Trinajstić information content (AvgIpc) is 3.32. The summed E-state index contributed by atoms with van der Waals surface area (Å²) in [7, 11) is 3.10. The molecule has 1 N–H and O–H groups in total. The number of ether oxygens (including phenoxy) is 3. The van der Waals surface area contributed by atoms with Gasteiger partial charge in [-0.1, -0.05) is 6.07 Å². The Labute approximate surface area is 190 Å². The Morgan fingerprint density at radius 3 is 2.62 bits per heavy atom. The Bertz CT molecular complexity index is 1070. The van der Waals surface area contributed by atoms with Crippen LogP contribution in [0.3, 0.4) is 0 Å². The SMILES string of the molecule is CCOC(=O)[C@H]1C(=O)C2=C(C[C@@H]1c1cccs1)NC(=O)C[C@H]2c1cc(OC)ccc1OC. The number of benzene rings is 1. The van der Waals surface area contributed by atoms with E-state index < -0.39 is 17.8 Å². The second-order valence-corrected chi connectivity index (χ2v) is 8.70. The summed E-state index contributed by atoms with van der Waals surface area (Å²) in [5, 5.41) is 4.81. The maximum Gasteiger partial charge on any atom is 0.317 e. The molecule has 8 heteroatoms. The van der Waals surface area contributed by atoms with Gasteiger partial charge in [0.25, 0.3) is 0 Å². The van der Waals surface area contributed by atoms with Crippen molar-refractivity contribution in [2.45, 2.75) is 31.6 Å². The largest absolute Gasteiger partial charge is 0.497 e. The fourth-order valence-electron chi connectivity index (χ4n) is 4.60. The molecule has 4 rings (SSSR count). The van der Waals surface area contributed by atoms with Crippen molar-refractivity contribution in [1.82, 2.24) is 5.32 Å². The van der Waals surface area contributed by atoms with Crippen LogP contribution in [0.15, 0.2) is 47.0 Å². The molecule has 32 heavy (non-hydrogen) atoms. The minimum absolute atomic E-state index is 0.0767. The molecule has 1 amide bonds. The molecule has 2 aromatic rings. The lowest BCUT2D eigenvalue weighted by atomic mass is 9.69. The van der Waals surface area contributed by atoms with Crippen LogP contribution in [-0.2, 0) is 19.1 Å². The van der Waals surface area contributed by atoms with E-state index in [4.69, 9.17) is 14.2 Å². The van der Waals surface area contributed by atoms with Crippen LogP contribution >= 0.6 is 11.3 Å². The number of carbonyl (C=O) groups is 3. The molecule has 0 bridgehead atoms. The highest BCUT2D eigenvalue weighted by Gasteiger charge is 2.48. The quantitative estimate of drug-likeness (QED) is 0.529. The lowest BCUT2D eigenvalue weighted by molar-refractivity contribution is -0.152. The fourth-order valence-corrected chi connectivity index (χ4v) is 5.47. The summed E-state index contributed by atoms with van der Waals surface area (Å²) in [6.07, 6.45) is 0.451. The molecule has 0 unspecified atom stereocenters. The number of rotatable bonds is 6. The van der Waals surface area contributed by atoms with Gasteiger partial charge >= 0.3 is 5.97 Å². The van der Waals surface area contributed by atoms with E-state index in [0.29, 0.717) is 34.8 Å². The summed E-state index contributed by atoms with van der Waals surface area (Å²) in [6.45, 7) is 1.91. The minimum atomic E-state index is -0.957. The Kier molecular flexibility index (Phi) is 6.32. The van der Waals surface area contributed by atoms with Crippen LogP contribution in [0.25, 0.3) is 0 Å². The van der Waals surface area contributed by atoms with Crippen LogP contribution < -0.4 is 14.8 Å². The molecule has 2 heterocycles. The summed E-state index contributed by atoms with van der Waals surface area (Å²) < 4.78 is 16.2. The Morgan fingerprint density at radius 2 is 1.97 bits per heavy atom. The Balaban J connectivity index is 1.85. The zero-order chi connectivity index (χ0) is 22.8. The molecule has 2 aliphatic rings. The number of methoxy groups -OCH3 is 2. The molecule has 168 valence electrons. The highest BCUT2D eigenvalue weighted by Crippen LogP contribution is 2.48. The molecule has 3 atom stereocenters. The fraction of sp³-hybridized carbons (Fsp3) is 0.375.